The highest BCUT2D eigenvalue weighted by atomic mass is 32.1. The maximum Gasteiger partial charge on any atom is 0.337 e. The van der Waals surface area contributed by atoms with Crippen molar-refractivity contribution < 1.29 is 19.2 Å². The third-order valence-electron chi connectivity index (χ3n) is 4.37. The van der Waals surface area contributed by atoms with Crippen LogP contribution in [-0.2, 0) is 4.74 Å². The lowest BCUT2D eigenvalue weighted by atomic mass is 10.1. The number of nitrogens with zero attached hydrogens (tertiary/aromatic N) is 2. The second kappa shape index (κ2) is 8.95. The minimum Gasteiger partial charge on any atom is -0.465 e. The number of nitrogens with one attached hydrogen (secondary N) is 1. The molecule has 0 saturated carbocycles. The first-order valence-electron chi connectivity index (χ1n) is 9.14. The number of ether oxygens (including phenoxy) is 1. The second-order valence-electron chi connectivity index (χ2n) is 6.80. The Labute approximate surface area is 168 Å². The number of carbonyl (C=O) groups excluding carboxylic acids is 2. The maximum atomic E-state index is 13.2. The number of esters is 1. The van der Waals surface area contributed by atoms with E-state index in [0.29, 0.717) is 22.8 Å². The van der Waals surface area contributed by atoms with E-state index in [-0.39, 0.29) is 5.91 Å². The van der Waals surface area contributed by atoms with Gasteiger partial charge in [0.25, 0.3) is 5.91 Å². The van der Waals surface area contributed by atoms with Crippen molar-refractivity contribution in [2.45, 2.75) is 6.42 Å². The number of carbonyl (C=O) groups is 2. The summed E-state index contributed by atoms with van der Waals surface area (Å²) in [6, 6.07) is 14.4. The van der Waals surface area contributed by atoms with Gasteiger partial charge in [-0.1, -0.05) is 23.5 Å². The van der Waals surface area contributed by atoms with Crippen LogP contribution in [0.25, 0.3) is 10.2 Å². The molecule has 1 aromatic heterocycles. The number of quaternary nitrogens is 1. The first kappa shape index (κ1) is 20.0. The molecule has 0 radical (unpaired) electrons. The average molecular weight is 399 g/mol. The van der Waals surface area contributed by atoms with Gasteiger partial charge in [-0.3, -0.25) is 9.69 Å². The molecule has 0 aliphatic carbocycles. The Hall–Kier alpha value is -2.77. The van der Waals surface area contributed by atoms with Crippen molar-refractivity contribution in [3.8, 4) is 0 Å². The van der Waals surface area contributed by atoms with Gasteiger partial charge >= 0.3 is 5.97 Å². The molecule has 0 saturated heterocycles. The van der Waals surface area contributed by atoms with Crippen molar-refractivity contribution in [1.82, 2.24) is 4.98 Å². The number of anilines is 1. The van der Waals surface area contributed by atoms with Crippen molar-refractivity contribution >= 4 is 38.6 Å². The lowest BCUT2D eigenvalue weighted by molar-refractivity contribution is -0.858. The van der Waals surface area contributed by atoms with Gasteiger partial charge in [0.05, 0.1) is 43.5 Å². The van der Waals surface area contributed by atoms with Crippen LogP contribution in [0.1, 0.15) is 27.1 Å². The number of benzene rings is 2. The summed E-state index contributed by atoms with van der Waals surface area (Å²) in [5.74, 6) is -0.541. The zero-order chi connectivity index (χ0) is 20.1. The van der Waals surface area contributed by atoms with Crippen LogP contribution in [0.4, 0.5) is 5.13 Å². The SMILES string of the molecule is COC(=O)c1ccc(C(=O)N(CCC[NH+](C)C)c2nc3ccccc3s2)cc1. The number of amides is 1. The van der Waals surface area contributed by atoms with E-state index in [9.17, 15) is 9.59 Å². The van der Waals surface area contributed by atoms with Crippen LogP contribution in [0.5, 0.6) is 0 Å². The third kappa shape index (κ3) is 4.55. The Balaban J connectivity index is 1.88. The second-order valence-corrected chi connectivity index (χ2v) is 7.81. The van der Waals surface area contributed by atoms with Crippen LogP contribution in [0, 0.1) is 0 Å². The predicted molar refractivity (Wildman–Crippen MR) is 111 cm³/mol. The zero-order valence-corrected chi connectivity index (χ0v) is 17.1. The van der Waals surface area contributed by atoms with E-state index in [2.05, 4.69) is 19.1 Å². The Bertz CT molecular complexity index is 933. The van der Waals surface area contributed by atoms with Gasteiger partial charge in [-0.15, -0.1) is 0 Å². The topological polar surface area (TPSA) is 63.9 Å². The lowest BCUT2D eigenvalue weighted by Crippen LogP contribution is -3.05. The lowest BCUT2D eigenvalue weighted by Gasteiger charge is -2.20. The van der Waals surface area contributed by atoms with Gasteiger partial charge in [0.1, 0.15) is 0 Å². The number of para-hydroxylation sites is 1. The van der Waals surface area contributed by atoms with Gasteiger partial charge in [0.15, 0.2) is 5.13 Å². The molecule has 28 heavy (non-hydrogen) atoms. The fourth-order valence-electron chi connectivity index (χ4n) is 2.87. The molecule has 0 aliphatic heterocycles. The van der Waals surface area contributed by atoms with E-state index in [1.165, 1.54) is 23.3 Å². The molecule has 0 bridgehead atoms. The summed E-state index contributed by atoms with van der Waals surface area (Å²) in [4.78, 5) is 32.6. The molecule has 1 N–H and O–H groups in total. The maximum absolute atomic E-state index is 13.2. The van der Waals surface area contributed by atoms with Crippen LogP contribution < -0.4 is 9.80 Å². The highest BCUT2D eigenvalue weighted by Crippen LogP contribution is 2.29. The summed E-state index contributed by atoms with van der Waals surface area (Å²) in [6.07, 6.45) is 0.865. The normalized spacial score (nSPS) is 11.0. The summed E-state index contributed by atoms with van der Waals surface area (Å²) < 4.78 is 5.77. The molecule has 3 rings (SSSR count). The summed E-state index contributed by atoms with van der Waals surface area (Å²) in [5.41, 5.74) is 1.82. The van der Waals surface area contributed by atoms with Crippen LogP contribution in [0.3, 0.4) is 0 Å². The highest BCUT2D eigenvalue weighted by Gasteiger charge is 2.22. The smallest absolute Gasteiger partial charge is 0.337 e. The van der Waals surface area contributed by atoms with Crippen LogP contribution in [0.2, 0.25) is 0 Å². The van der Waals surface area contributed by atoms with E-state index in [4.69, 9.17) is 4.74 Å². The number of hydrogen-bond donors (Lipinski definition) is 1. The number of methoxy groups -OCH3 is 1. The Morgan fingerprint density at radius 2 is 1.75 bits per heavy atom. The fraction of sp³-hybridized carbons (Fsp3) is 0.286. The number of aromatic nitrogens is 1. The van der Waals surface area contributed by atoms with Crippen molar-refractivity contribution in [3.05, 3.63) is 59.7 Å². The van der Waals surface area contributed by atoms with Crippen LogP contribution >= 0.6 is 11.3 Å². The fourth-order valence-corrected chi connectivity index (χ4v) is 3.86. The van der Waals surface area contributed by atoms with Crippen molar-refractivity contribution in [2.24, 2.45) is 0 Å². The molecule has 0 atom stereocenters. The van der Waals surface area contributed by atoms with Gasteiger partial charge in [-0.2, -0.15) is 0 Å². The molecule has 0 spiro atoms. The monoisotopic (exact) mass is 398 g/mol. The highest BCUT2D eigenvalue weighted by molar-refractivity contribution is 7.22. The number of fused-ring (bicyclic) bond motifs is 1. The number of rotatable bonds is 7. The average Bonchev–Trinajstić information content (AvgIpc) is 3.14. The zero-order valence-electron chi connectivity index (χ0n) is 16.3. The van der Waals surface area contributed by atoms with Crippen molar-refractivity contribution in [3.63, 3.8) is 0 Å². The summed E-state index contributed by atoms with van der Waals surface area (Å²) in [7, 11) is 5.52. The minimum absolute atomic E-state index is 0.121. The van der Waals surface area contributed by atoms with Crippen molar-refractivity contribution in [1.29, 1.82) is 0 Å². The molecule has 2 aromatic carbocycles. The first-order valence-corrected chi connectivity index (χ1v) is 9.96. The van der Waals surface area contributed by atoms with Gasteiger partial charge in [-0.05, 0) is 36.4 Å². The molecule has 0 aliphatic rings. The van der Waals surface area contributed by atoms with E-state index >= 15 is 0 Å². The quantitative estimate of drug-likeness (QED) is 0.620. The molecular weight excluding hydrogens is 374 g/mol. The van der Waals surface area contributed by atoms with E-state index < -0.39 is 5.97 Å². The molecule has 0 unspecified atom stereocenters. The van der Waals surface area contributed by atoms with Gasteiger partial charge < -0.3 is 9.64 Å². The van der Waals surface area contributed by atoms with Crippen LogP contribution in [0.15, 0.2) is 48.5 Å². The van der Waals surface area contributed by atoms with E-state index in [0.717, 1.165) is 23.2 Å². The molecule has 1 heterocycles. The molecule has 0 fully saturated rings. The molecule has 146 valence electrons. The summed E-state index contributed by atoms with van der Waals surface area (Å²) in [5, 5.41) is 0.692. The number of thiazole rings is 1. The molecule has 3 aromatic rings. The minimum atomic E-state index is -0.420. The predicted octanol–water partition coefficient (Wildman–Crippen LogP) is 2.26. The first-order chi connectivity index (χ1) is 13.5. The van der Waals surface area contributed by atoms with Gasteiger partial charge in [0, 0.05) is 18.5 Å². The molecule has 6 nitrogen and oxygen atoms in total. The van der Waals surface area contributed by atoms with Crippen LogP contribution in [-0.4, -0.2) is 51.2 Å². The Morgan fingerprint density at radius 3 is 2.39 bits per heavy atom. The number of hydrogen-bond acceptors (Lipinski definition) is 5. The standard InChI is InChI=1S/C21H23N3O3S/c1-23(2)13-6-14-24(21-22-17-7-4-5-8-18(17)28-21)19(25)15-9-11-16(12-10-15)20(26)27-3/h4-5,7-12H,6,13-14H2,1-3H3/p+1. The van der Waals surface area contributed by atoms with E-state index in [1.807, 2.05) is 24.3 Å². The third-order valence-corrected chi connectivity index (χ3v) is 5.43. The van der Waals surface area contributed by atoms with E-state index in [1.54, 1.807) is 29.2 Å². The largest absolute Gasteiger partial charge is 0.465 e. The summed E-state index contributed by atoms with van der Waals surface area (Å²) >= 11 is 1.51. The Kier molecular flexibility index (Phi) is 6.38. The summed E-state index contributed by atoms with van der Waals surface area (Å²) in [6.45, 7) is 1.54. The molecule has 7 heteroatoms. The van der Waals surface area contributed by atoms with Gasteiger partial charge in [-0.25, -0.2) is 9.78 Å². The van der Waals surface area contributed by atoms with Gasteiger partial charge in [0.2, 0.25) is 0 Å². The molecular formula is C21H24N3O3S+. The molecule has 1 amide bonds. The van der Waals surface area contributed by atoms with Crippen molar-refractivity contribution in [2.75, 3.05) is 39.2 Å². The Morgan fingerprint density at radius 1 is 1.07 bits per heavy atom.